The molecule has 1 fully saturated rings. The maximum atomic E-state index is 3.73. The van der Waals surface area contributed by atoms with Gasteiger partial charge in [0.05, 0.1) is 0 Å². The predicted octanol–water partition coefficient (Wildman–Crippen LogP) is 1.79. The van der Waals surface area contributed by atoms with Gasteiger partial charge in [-0.3, -0.25) is 0 Å². The van der Waals surface area contributed by atoms with Gasteiger partial charge in [-0.2, -0.15) is 0 Å². The molecule has 1 rings (SSSR count). The van der Waals surface area contributed by atoms with E-state index in [4.69, 9.17) is 0 Å². The molecule has 1 N–H and O–H groups in total. The molecule has 0 aromatic carbocycles. The highest BCUT2D eigenvalue weighted by atomic mass is 15.1. The number of hydrogen-bond acceptors (Lipinski definition) is 3. The van der Waals surface area contributed by atoms with Crippen molar-refractivity contribution < 1.29 is 0 Å². The Morgan fingerprint density at radius 1 is 1.24 bits per heavy atom. The van der Waals surface area contributed by atoms with E-state index in [1.54, 1.807) is 0 Å². The average Bonchev–Trinajstić information content (AvgIpc) is 2.26. The molecule has 1 saturated heterocycles. The number of rotatable bonds is 5. The van der Waals surface area contributed by atoms with Crippen LogP contribution in [0, 0.1) is 0 Å². The van der Waals surface area contributed by atoms with Crippen molar-refractivity contribution >= 4 is 0 Å². The fourth-order valence-electron chi connectivity index (χ4n) is 2.55. The molecule has 0 aromatic rings. The van der Waals surface area contributed by atoms with Crippen LogP contribution in [0.3, 0.4) is 0 Å². The van der Waals surface area contributed by atoms with Gasteiger partial charge in [0.15, 0.2) is 0 Å². The standard InChI is InChI=1S/C14H31N3/c1-5-14-8-12-17(10-6-9-16(3)4)11-7-13(2)15-14/h13-15H,5-12H2,1-4H3. The maximum absolute atomic E-state index is 3.73. The summed E-state index contributed by atoms with van der Waals surface area (Å²) in [6.07, 6.45) is 5.16. The lowest BCUT2D eigenvalue weighted by Crippen LogP contribution is -2.44. The summed E-state index contributed by atoms with van der Waals surface area (Å²) in [5.41, 5.74) is 0. The summed E-state index contributed by atoms with van der Waals surface area (Å²) in [4.78, 5) is 4.94. The lowest BCUT2D eigenvalue weighted by molar-refractivity contribution is 0.204. The number of nitrogens with zero attached hydrogens (tertiary/aromatic N) is 2. The maximum Gasteiger partial charge on any atom is 0.00790 e. The first-order valence-electron chi connectivity index (χ1n) is 7.25. The molecule has 3 nitrogen and oxygen atoms in total. The molecule has 0 bridgehead atoms. The van der Waals surface area contributed by atoms with E-state index in [1.807, 2.05) is 0 Å². The van der Waals surface area contributed by atoms with E-state index < -0.39 is 0 Å². The first kappa shape index (κ1) is 14.9. The van der Waals surface area contributed by atoms with Gasteiger partial charge in [-0.05, 0) is 72.9 Å². The van der Waals surface area contributed by atoms with Crippen LogP contribution in [0.25, 0.3) is 0 Å². The SMILES string of the molecule is CCC1CCN(CCCN(C)C)CCC(C)N1. The van der Waals surface area contributed by atoms with Crippen molar-refractivity contribution in [3.8, 4) is 0 Å². The van der Waals surface area contributed by atoms with Crippen molar-refractivity contribution in [3.05, 3.63) is 0 Å². The van der Waals surface area contributed by atoms with Crippen molar-refractivity contribution in [2.75, 3.05) is 40.3 Å². The Kier molecular flexibility index (Phi) is 7.09. The molecule has 1 aliphatic rings. The van der Waals surface area contributed by atoms with Crippen molar-refractivity contribution in [1.82, 2.24) is 15.1 Å². The van der Waals surface area contributed by atoms with Crippen molar-refractivity contribution in [3.63, 3.8) is 0 Å². The first-order chi connectivity index (χ1) is 8.11. The second kappa shape index (κ2) is 8.06. The van der Waals surface area contributed by atoms with Crippen molar-refractivity contribution in [2.24, 2.45) is 0 Å². The summed E-state index contributed by atoms with van der Waals surface area (Å²) in [5.74, 6) is 0. The minimum atomic E-state index is 0.677. The topological polar surface area (TPSA) is 18.5 Å². The Balaban J connectivity index is 2.29. The average molecular weight is 241 g/mol. The minimum absolute atomic E-state index is 0.677. The van der Waals surface area contributed by atoms with Crippen LogP contribution in [0.5, 0.6) is 0 Å². The largest absolute Gasteiger partial charge is 0.311 e. The van der Waals surface area contributed by atoms with E-state index in [0.29, 0.717) is 6.04 Å². The molecule has 0 aromatic heterocycles. The summed E-state index contributed by atoms with van der Waals surface area (Å²) in [7, 11) is 4.32. The van der Waals surface area contributed by atoms with Gasteiger partial charge < -0.3 is 15.1 Å². The smallest absolute Gasteiger partial charge is 0.00790 e. The second-order valence-corrected chi connectivity index (χ2v) is 5.75. The van der Waals surface area contributed by atoms with Gasteiger partial charge >= 0.3 is 0 Å². The third-order valence-electron chi connectivity index (χ3n) is 3.76. The molecule has 3 heteroatoms. The highest BCUT2D eigenvalue weighted by Crippen LogP contribution is 2.09. The zero-order chi connectivity index (χ0) is 12.7. The molecule has 0 saturated carbocycles. The molecule has 2 atom stereocenters. The van der Waals surface area contributed by atoms with E-state index in [-0.39, 0.29) is 0 Å². The molecule has 2 unspecified atom stereocenters. The molecular formula is C14H31N3. The van der Waals surface area contributed by atoms with E-state index in [0.717, 1.165) is 6.04 Å². The van der Waals surface area contributed by atoms with Gasteiger partial charge in [-0.25, -0.2) is 0 Å². The Morgan fingerprint density at radius 3 is 2.59 bits per heavy atom. The number of nitrogens with one attached hydrogen (secondary N) is 1. The van der Waals surface area contributed by atoms with Gasteiger partial charge in [-0.15, -0.1) is 0 Å². The predicted molar refractivity (Wildman–Crippen MR) is 75.5 cm³/mol. The first-order valence-corrected chi connectivity index (χ1v) is 7.25. The summed E-state index contributed by atoms with van der Waals surface area (Å²) < 4.78 is 0. The van der Waals surface area contributed by atoms with Crippen LogP contribution < -0.4 is 5.32 Å². The molecule has 1 heterocycles. The van der Waals surface area contributed by atoms with E-state index >= 15 is 0 Å². The molecule has 102 valence electrons. The van der Waals surface area contributed by atoms with E-state index in [2.05, 4.69) is 43.1 Å². The summed E-state index contributed by atoms with van der Waals surface area (Å²) in [5, 5.41) is 3.73. The molecule has 0 aliphatic carbocycles. The van der Waals surface area contributed by atoms with Crippen LogP contribution in [0.2, 0.25) is 0 Å². The van der Waals surface area contributed by atoms with Crippen LogP contribution >= 0.6 is 0 Å². The monoisotopic (exact) mass is 241 g/mol. The third-order valence-corrected chi connectivity index (χ3v) is 3.76. The van der Waals surface area contributed by atoms with Gasteiger partial charge in [0.1, 0.15) is 0 Å². The van der Waals surface area contributed by atoms with Gasteiger partial charge in [0.25, 0.3) is 0 Å². The minimum Gasteiger partial charge on any atom is -0.311 e. The summed E-state index contributed by atoms with van der Waals surface area (Å²) in [6, 6.07) is 1.40. The third kappa shape index (κ3) is 6.39. The van der Waals surface area contributed by atoms with Gasteiger partial charge in [0.2, 0.25) is 0 Å². The lowest BCUT2D eigenvalue weighted by atomic mass is 10.1. The van der Waals surface area contributed by atoms with Crippen LogP contribution in [0.1, 0.15) is 39.5 Å². The Morgan fingerprint density at radius 2 is 1.94 bits per heavy atom. The number of hydrogen-bond donors (Lipinski definition) is 1. The molecule has 0 radical (unpaired) electrons. The van der Waals surface area contributed by atoms with Crippen molar-refractivity contribution in [2.45, 2.75) is 51.6 Å². The zero-order valence-corrected chi connectivity index (χ0v) is 12.2. The Labute approximate surface area is 108 Å². The molecule has 0 amide bonds. The Hall–Kier alpha value is -0.120. The molecule has 17 heavy (non-hydrogen) atoms. The van der Waals surface area contributed by atoms with Gasteiger partial charge in [-0.1, -0.05) is 6.92 Å². The second-order valence-electron chi connectivity index (χ2n) is 5.75. The van der Waals surface area contributed by atoms with Crippen molar-refractivity contribution in [1.29, 1.82) is 0 Å². The molecular weight excluding hydrogens is 210 g/mol. The lowest BCUT2D eigenvalue weighted by Gasteiger charge is -2.32. The fourth-order valence-corrected chi connectivity index (χ4v) is 2.55. The van der Waals surface area contributed by atoms with E-state index in [9.17, 15) is 0 Å². The molecule has 0 spiro atoms. The quantitative estimate of drug-likeness (QED) is 0.792. The highest BCUT2D eigenvalue weighted by molar-refractivity contribution is 4.77. The van der Waals surface area contributed by atoms with Crippen LogP contribution in [0.15, 0.2) is 0 Å². The highest BCUT2D eigenvalue weighted by Gasteiger charge is 2.17. The fraction of sp³-hybridized carbons (Fsp3) is 1.00. The summed E-state index contributed by atoms with van der Waals surface area (Å²) >= 11 is 0. The Bertz CT molecular complexity index is 194. The van der Waals surface area contributed by atoms with Gasteiger partial charge in [0, 0.05) is 12.1 Å². The van der Waals surface area contributed by atoms with Crippen LogP contribution in [-0.4, -0.2) is 62.2 Å². The zero-order valence-electron chi connectivity index (χ0n) is 12.2. The van der Waals surface area contributed by atoms with Crippen LogP contribution in [-0.2, 0) is 0 Å². The van der Waals surface area contributed by atoms with Crippen LogP contribution in [0.4, 0.5) is 0 Å². The normalized spacial score (nSPS) is 28.1. The summed E-state index contributed by atoms with van der Waals surface area (Å²) in [6.45, 7) is 9.63. The van der Waals surface area contributed by atoms with E-state index in [1.165, 1.54) is 51.9 Å². The molecule has 1 aliphatic heterocycles.